The van der Waals surface area contributed by atoms with Gasteiger partial charge in [-0.3, -0.25) is 0 Å². The fourth-order valence-corrected chi connectivity index (χ4v) is 11.9. The number of furan rings is 1. The second kappa shape index (κ2) is 18.1. The van der Waals surface area contributed by atoms with Crippen LogP contribution in [-0.2, 0) is 15.6 Å². The molecule has 0 atom stereocenters. The molecule has 64 heavy (non-hydrogen) atoms. The van der Waals surface area contributed by atoms with Gasteiger partial charge in [-0.05, 0) is 131 Å². The summed E-state index contributed by atoms with van der Waals surface area (Å²) in [5.41, 5.74) is 15.0. The summed E-state index contributed by atoms with van der Waals surface area (Å²) in [6.07, 6.45) is 15.2. The summed E-state index contributed by atoms with van der Waals surface area (Å²) in [7, 11) is 0. The van der Waals surface area contributed by atoms with Gasteiger partial charge < -0.3 is 14.4 Å². The van der Waals surface area contributed by atoms with Gasteiger partial charge in [-0.1, -0.05) is 140 Å². The van der Waals surface area contributed by atoms with Gasteiger partial charge in [-0.2, -0.15) is 5.26 Å². The highest BCUT2D eigenvalue weighted by Crippen LogP contribution is 2.58. The van der Waals surface area contributed by atoms with Gasteiger partial charge >= 0.3 is 5.97 Å². The van der Waals surface area contributed by atoms with Crippen molar-refractivity contribution in [1.29, 1.82) is 5.26 Å². The van der Waals surface area contributed by atoms with Crippen LogP contribution in [0.3, 0.4) is 0 Å². The van der Waals surface area contributed by atoms with Crippen LogP contribution in [0.25, 0.3) is 49.9 Å². The fraction of sp³-hybridized carbons (Fsp3) is 0.310. The van der Waals surface area contributed by atoms with E-state index < -0.39 is 5.97 Å². The molecule has 1 N–H and O–H groups in total. The molecule has 0 spiro atoms. The quantitative estimate of drug-likeness (QED) is 0.0687. The SMILES string of the molecule is CCCCC1(CCCC)c2ccccc2-c2ccc(N(c3ccc4c(c3)C(CCCC)(CCCC)c3ccccc3-4)c3ccc4cc(-c5ccc(C=C(C#N)C(=O)O)s5)oc4c3)cc21. The first-order valence-electron chi connectivity index (χ1n) is 23.6. The number of hydrogen-bond donors (Lipinski definition) is 1. The number of thiophene rings is 1. The maximum Gasteiger partial charge on any atom is 0.346 e. The lowest BCUT2D eigenvalue weighted by molar-refractivity contribution is -0.132. The molecule has 0 bridgehead atoms. The lowest BCUT2D eigenvalue weighted by Gasteiger charge is -2.35. The number of carboxylic acid groups (broad SMARTS) is 1. The number of nitriles is 1. The zero-order chi connectivity index (χ0) is 44.4. The number of anilines is 3. The zero-order valence-electron chi connectivity index (χ0n) is 37.7. The van der Waals surface area contributed by atoms with Crippen molar-refractivity contribution in [2.24, 2.45) is 0 Å². The summed E-state index contributed by atoms with van der Waals surface area (Å²) >= 11 is 1.41. The first kappa shape index (κ1) is 43.1. The second-order valence-corrected chi connectivity index (χ2v) is 19.1. The Hall–Kier alpha value is -6.16. The largest absolute Gasteiger partial charge is 0.477 e. The maximum atomic E-state index is 11.6. The Kier molecular flexibility index (Phi) is 12.2. The van der Waals surface area contributed by atoms with Crippen molar-refractivity contribution in [3.8, 4) is 39.0 Å². The molecule has 0 radical (unpaired) electrons. The normalized spacial score (nSPS) is 14.2. The first-order chi connectivity index (χ1) is 31.3. The molecule has 0 aliphatic heterocycles. The Morgan fingerprint density at radius 3 is 1.61 bits per heavy atom. The number of carboxylic acids is 1. The van der Waals surface area contributed by atoms with Crippen LogP contribution in [0.2, 0.25) is 0 Å². The summed E-state index contributed by atoms with van der Waals surface area (Å²) in [5.74, 6) is -0.532. The average Bonchev–Trinajstić information content (AvgIpc) is 4.09. The smallest absolute Gasteiger partial charge is 0.346 e. The van der Waals surface area contributed by atoms with E-state index >= 15 is 0 Å². The Labute approximate surface area is 382 Å². The minimum atomic E-state index is -1.24. The van der Waals surface area contributed by atoms with Gasteiger partial charge in [0.05, 0.1) is 4.88 Å². The van der Waals surface area contributed by atoms with E-state index in [1.807, 2.05) is 12.1 Å². The molecule has 0 fully saturated rings. The van der Waals surface area contributed by atoms with Gasteiger partial charge in [0, 0.05) is 44.2 Å². The van der Waals surface area contributed by atoms with Crippen LogP contribution >= 0.6 is 11.3 Å². The van der Waals surface area contributed by atoms with Crippen LogP contribution in [0.15, 0.2) is 131 Å². The molecule has 2 aromatic heterocycles. The molecule has 0 amide bonds. The van der Waals surface area contributed by atoms with Gasteiger partial charge in [0.1, 0.15) is 23.0 Å². The molecule has 2 heterocycles. The van der Waals surface area contributed by atoms with Crippen molar-refractivity contribution in [3.05, 3.63) is 154 Å². The summed E-state index contributed by atoms with van der Waals surface area (Å²) in [6.45, 7) is 9.26. The third-order valence-electron chi connectivity index (χ3n) is 14.1. The molecule has 5 aromatic carbocycles. The predicted octanol–water partition coefficient (Wildman–Crippen LogP) is 16.9. The molecule has 5 nitrogen and oxygen atoms in total. The average molecular weight is 863 g/mol. The Morgan fingerprint density at radius 2 is 1.11 bits per heavy atom. The van der Waals surface area contributed by atoms with Gasteiger partial charge in [-0.15, -0.1) is 11.3 Å². The molecule has 324 valence electrons. The molecule has 0 unspecified atom stereocenters. The molecule has 0 saturated heterocycles. The van der Waals surface area contributed by atoms with Crippen molar-refractivity contribution in [2.45, 2.75) is 116 Å². The van der Waals surface area contributed by atoms with Crippen LogP contribution < -0.4 is 4.90 Å². The Balaban J connectivity index is 1.23. The van der Waals surface area contributed by atoms with Gasteiger partial charge in [0.15, 0.2) is 0 Å². The number of carbonyl (C=O) groups is 1. The van der Waals surface area contributed by atoms with Crippen LogP contribution in [0, 0.1) is 11.3 Å². The number of rotatable bonds is 18. The van der Waals surface area contributed by atoms with E-state index in [-0.39, 0.29) is 16.4 Å². The van der Waals surface area contributed by atoms with E-state index in [1.165, 1.54) is 87.6 Å². The van der Waals surface area contributed by atoms with Crippen LogP contribution in [0.5, 0.6) is 0 Å². The number of fused-ring (bicyclic) bond motifs is 7. The number of benzene rings is 5. The third-order valence-corrected chi connectivity index (χ3v) is 15.2. The van der Waals surface area contributed by atoms with E-state index in [9.17, 15) is 15.2 Å². The molecule has 9 rings (SSSR count). The topological polar surface area (TPSA) is 77.5 Å². The first-order valence-corrected chi connectivity index (χ1v) is 24.4. The molecular weight excluding hydrogens is 805 g/mol. The van der Waals surface area contributed by atoms with E-state index in [0.29, 0.717) is 10.6 Å². The van der Waals surface area contributed by atoms with Crippen molar-refractivity contribution in [3.63, 3.8) is 0 Å². The lowest BCUT2D eigenvalue weighted by atomic mass is 9.70. The Morgan fingerprint density at radius 1 is 0.625 bits per heavy atom. The van der Waals surface area contributed by atoms with Crippen LogP contribution in [-0.4, -0.2) is 11.1 Å². The fourth-order valence-electron chi connectivity index (χ4n) is 11.0. The number of nitrogens with zero attached hydrogens (tertiary/aromatic N) is 2. The van der Waals surface area contributed by atoms with E-state index in [4.69, 9.17) is 4.42 Å². The van der Waals surface area contributed by atoms with Crippen molar-refractivity contribution >= 4 is 51.4 Å². The molecular formula is C58H58N2O3S. The molecule has 0 saturated carbocycles. The van der Waals surface area contributed by atoms with Gasteiger partial charge in [0.25, 0.3) is 0 Å². The lowest BCUT2D eigenvalue weighted by Crippen LogP contribution is -2.26. The number of hydrogen-bond acceptors (Lipinski definition) is 5. The number of aliphatic carboxylic acids is 1. The van der Waals surface area contributed by atoms with Gasteiger partial charge in [-0.25, -0.2) is 4.79 Å². The highest BCUT2D eigenvalue weighted by molar-refractivity contribution is 7.16. The monoisotopic (exact) mass is 862 g/mol. The van der Waals surface area contributed by atoms with E-state index in [2.05, 4.69) is 142 Å². The van der Waals surface area contributed by atoms with Crippen molar-refractivity contribution in [2.75, 3.05) is 4.90 Å². The van der Waals surface area contributed by atoms with E-state index in [1.54, 1.807) is 6.07 Å². The standard InChI is InChI=1S/C58H58N2O3S/c1-5-9-29-57(30-10-6-2)49-19-15-13-17-45(49)47-26-23-41(35-51(47)57)60(42-24-27-48-46-18-14-16-20-50(46)58(31-11-7-3,32-12-8-4)52(48)36-42)43-22-21-39-34-54(63-53(39)37-43)55-28-25-44(64-55)33-40(38-59)56(61)62/h13-28,33-37H,5-12,29-32H2,1-4H3,(H,61,62). The third kappa shape index (κ3) is 7.48. The second-order valence-electron chi connectivity index (χ2n) is 18.0. The highest BCUT2D eigenvalue weighted by Gasteiger charge is 2.44. The zero-order valence-corrected chi connectivity index (χ0v) is 38.5. The summed E-state index contributed by atoms with van der Waals surface area (Å²) in [5, 5.41) is 19.8. The van der Waals surface area contributed by atoms with E-state index in [0.717, 1.165) is 84.3 Å². The number of unbranched alkanes of at least 4 members (excludes halogenated alkanes) is 4. The Bertz CT molecular complexity index is 2790. The van der Waals surface area contributed by atoms with Crippen molar-refractivity contribution in [1.82, 2.24) is 0 Å². The van der Waals surface area contributed by atoms with Gasteiger partial charge in [0.2, 0.25) is 0 Å². The van der Waals surface area contributed by atoms with Crippen molar-refractivity contribution < 1.29 is 14.3 Å². The van der Waals surface area contributed by atoms with Crippen LogP contribution in [0.4, 0.5) is 17.1 Å². The molecule has 2 aliphatic carbocycles. The summed E-state index contributed by atoms with van der Waals surface area (Å²) < 4.78 is 6.67. The minimum absolute atomic E-state index is 0.0538. The molecule has 7 aromatic rings. The van der Waals surface area contributed by atoms with Crippen LogP contribution in [0.1, 0.15) is 132 Å². The highest BCUT2D eigenvalue weighted by atomic mass is 32.1. The summed E-state index contributed by atoms with van der Waals surface area (Å²) in [6, 6.07) is 47.0. The maximum absolute atomic E-state index is 11.6. The minimum Gasteiger partial charge on any atom is -0.477 e. The molecule has 6 heteroatoms. The molecule has 2 aliphatic rings. The summed E-state index contributed by atoms with van der Waals surface area (Å²) in [4.78, 5) is 15.6. The predicted molar refractivity (Wildman–Crippen MR) is 266 cm³/mol.